The first-order valence-electron chi connectivity index (χ1n) is 16.2. The van der Waals surface area contributed by atoms with Crippen molar-refractivity contribution in [2.24, 2.45) is 11.8 Å². The van der Waals surface area contributed by atoms with Gasteiger partial charge in [0.1, 0.15) is 0 Å². The molecule has 1 saturated carbocycles. The van der Waals surface area contributed by atoms with E-state index in [0.717, 1.165) is 18.8 Å². The van der Waals surface area contributed by atoms with Crippen molar-refractivity contribution >= 4 is 5.97 Å². The number of carbonyl (C=O) groups is 1. The quantitative estimate of drug-likeness (QED) is 0.136. The number of hydrogen-bond donors (Lipinski definition) is 1. The number of carbonyl (C=O) groups excluding carboxylic acids is 1. The van der Waals surface area contributed by atoms with Crippen molar-refractivity contribution in [3.8, 4) is 0 Å². The summed E-state index contributed by atoms with van der Waals surface area (Å²) in [5, 5.41) is 9.07. The maximum atomic E-state index is 11.9. The van der Waals surface area contributed by atoms with E-state index in [2.05, 4.69) is 56.0 Å². The number of unbranched alkanes of at least 4 members (excludes halogenated alkanes) is 2. The summed E-state index contributed by atoms with van der Waals surface area (Å²) in [4.78, 5) is 11.9. The summed E-state index contributed by atoms with van der Waals surface area (Å²) in [6.07, 6.45) is 15.9. The molecule has 4 heteroatoms. The van der Waals surface area contributed by atoms with Crippen LogP contribution in [0.3, 0.4) is 0 Å². The maximum Gasteiger partial charge on any atom is 0.335 e. The predicted molar refractivity (Wildman–Crippen MR) is 167 cm³/mol. The van der Waals surface area contributed by atoms with E-state index in [1.165, 1.54) is 81.8 Å². The number of rotatable bonds is 15. The molecule has 2 unspecified atom stereocenters. The van der Waals surface area contributed by atoms with Crippen molar-refractivity contribution in [3.05, 3.63) is 82.4 Å². The molecule has 41 heavy (non-hydrogen) atoms. The van der Waals surface area contributed by atoms with E-state index < -0.39 is 5.97 Å². The van der Waals surface area contributed by atoms with Crippen LogP contribution in [-0.4, -0.2) is 38.0 Å². The molecular formula is C37H52O4. The van der Waals surface area contributed by atoms with E-state index in [-0.39, 0.29) is 18.1 Å². The van der Waals surface area contributed by atoms with Crippen LogP contribution in [0, 0.1) is 11.8 Å². The number of aliphatic hydroxyl groups excluding tert-OH is 1. The zero-order chi connectivity index (χ0) is 29.0. The van der Waals surface area contributed by atoms with Gasteiger partial charge < -0.3 is 14.6 Å². The molecule has 0 spiro atoms. The average molecular weight is 561 g/mol. The lowest BCUT2D eigenvalue weighted by atomic mass is 9.74. The van der Waals surface area contributed by atoms with Crippen molar-refractivity contribution in [3.63, 3.8) is 0 Å². The number of methoxy groups -OCH3 is 1. The highest BCUT2D eigenvalue weighted by Crippen LogP contribution is 2.40. The van der Waals surface area contributed by atoms with Gasteiger partial charge in [-0.25, -0.2) is 4.79 Å². The molecule has 0 aliphatic heterocycles. The highest BCUT2D eigenvalue weighted by Gasteiger charge is 2.26. The van der Waals surface area contributed by atoms with Crippen LogP contribution < -0.4 is 0 Å². The van der Waals surface area contributed by atoms with E-state index >= 15 is 0 Å². The molecule has 2 aromatic rings. The summed E-state index contributed by atoms with van der Waals surface area (Å²) in [7, 11) is 1.69. The second kappa shape index (κ2) is 16.3. The molecule has 0 heterocycles. The molecule has 4 rings (SSSR count). The molecule has 2 atom stereocenters. The van der Waals surface area contributed by atoms with Crippen LogP contribution in [0.1, 0.15) is 111 Å². The fourth-order valence-electron chi connectivity index (χ4n) is 6.92. The largest absolute Gasteiger partial charge is 0.462 e. The van der Waals surface area contributed by atoms with E-state index in [9.17, 15) is 4.79 Å². The Morgan fingerprint density at radius 2 is 1.71 bits per heavy atom. The van der Waals surface area contributed by atoms with E-state index in [1.54, 1.807) is 23.8 Å². The average Bonchev–Trinajstić information content (AvgIpc) is 3.02. The van der Waals surface area contributed by atoms with Crippen LogP contribution in [0.4, 0.5) is 0 Å². The molecule has 2 aliphatic carbocycles. The SMILES string of the molecule is C=C(CO)C(=O)OCC(CCC1CCC(c2ccc3c(c2)CCC(c2ccc(CCCCC)cc2)C3)CC1)COC. The summed E-state index contributed by atoms with van der Waals surface area (Å²) in [5.74, 6) is 1.72. The molecule has 0 bridgehead atoms. The van der Waals surface area contributed by atoms with Gasteiger partial charge in [0.05, 0.1) is 25.4 Å². The van der Waals surface area contributed by atoms with Crippen LogP contribution >= 0.6 is 0 Å². The van der Waals surface area contributed by atoms with Gasteiger partial charge in [0.15, 0.2) is 0 Å². The van der Waals surface area contributed by atoms with Gasteiger partial charge in [0.25, 0.3) is 0 Å². The van der Waals surface area contributed by atoms with Crippen LogP contribution in [0.5, 0.6) is 0 Å². The van der Waals surface area contributed by atoms with Gasteiger partial charge in [-0.05, 0) is 116 Å². The number of ether oxygens (including phenoxy) is 2. The number of esters is 1. The van der Waals surface area contributed by atoms with Crippen molar-refractivity contribution in [2.45, 2.75) is 102 Å². The summed E-state index contributed by atoms with van der Waals surface area (Å²) >= 11 is 0. The van der Waals surface area contributed by atoms with E-state index in [1.807, 2.05) is 0 Å². The van der Waals surface area contributed by atoms with Gasteiger partial charge in [-0.3, -0.25) is 0 Å². The van der Waals surface area contributed by atoms with Gasteiger partial charge in [-0.2, -0.15) is 0 Å². The number of aliphatic hydroxyl groups is 1. The topological polar surface area (TPSA) is 55.8 Å². The fraction of sp³-hybridized carbons (Fsp3) is 0.595. The normalized spacial score (nSPS) is 21.2. The van der Waals surface area contributed by atoms with Crippen molar-refractivity contribution in [2.75, 3.05) is 26.9 Å². The van der Waals surface area contributed by atoms with Gasteiger partial charge in [0, 0.05) is 13.0 Å². The molecule has 0 amide bonds. The summed E-state index contributed by atoms with van der Waals surface area (Å²) in [6, 6.07) is 16.9. The molecular weight excluding hydrogens is 508 g/mol. The summed E-state index contributed by atoms with van der Waals surface area (Å²) in [5.41, 5.74) is 7.78. The highest BCUT2D eigenvalue weighted by atomic mass is 16.5. The van der Waals surface area contributed by atoms with Crippen molar-refractivity contribution < 1.29 is 19.4 Å². The van der Waals surface area contributed by atoms with Gasteiger partial charge >= 0.3 is 5.97 Å². The van der Waals surface area contributed by atoms with E-state index in [0.29, 0.717) is 25.0 Å². The third kappa shape index (κ3) is 9.28. The number of benzene rings is 2. The second-order valence-electron chi connectivity index (χ2n) is 12.6. The summed E-state index contributed by atoms with van der Waals surface area (Å²) < 4.78 is 10.7. The van der Waals surface area contributed by atoms with Crippen LogP contribution in [0.15, 0.2) is 54.6 Å². The lowest BCUT2D eigenvalue weighted by Gasteiger charge is -2.31. The predicted octanol–water partition coefficient (Wildman–Crippen LogP) is 8.10. The Balaban J connectivity index is 1.23. The molecule has 1 fully saturated rings. The van der Waals surface area contributed by atoms with Crippen LogP contribution in [-0.2, 0) is 33.5 Å². The van der Waals surface area contributed by atoms with Crippen LogP contribution in [0.25, 0.3) is 0 Å². The zero-order valence-corrected chi connectivity index (χ0v) is 25.5. The molecule has 0 radical (unpaired) electrons. The first kappa shape index (κ1) is 31.5. The lowest BCUT2D eigenvalue weighted by Crippen LogP contribution is -2.22. The number of fused-ring (bicyclic) bond motifs is 1. The minimum atomic E-state index is -0.512. The summed E-state index contributed by atoms with van der Waals surface area (Å²) in [6.45, 7) is 6.35. The maximum absolute atomic E-state index is 11.9. The fourth-order valence-corrected chi connectivity index (χ4v) is 6.92. The van der Waals surface area contributed by atoms with Crippen molar-refractivity contribution in [1.82, 2.24) is 0 Å². The molecule has 0 saturated heterocycles. The molecule has 2 aliphatic rings. The molecule has 0 aromatic heterocycles. The molecule has 1 N–H and O–H groups in total. The Morgan fingerprint density at radius 3 is 2.41 bits per heavy atom. The Labute approximate surface area is 248 Å². The minimum Gasteiger partial charge on any atom is -0.462 e. The molecule has 224 valence electrons. The number of aryl methyl sites for hydroxylation is 2. The molecule has 4 nitrogen and oxygen atoms in total. The van der Waals surface area contributed by atoms with Gasteiger partial charge in [-0.15, -0.1) is 0 Å². The Kier molecular flexibility index (Phi) is 12.5. The first-order valence-corrected chi connectivity index (χ1v) is 16.2. The van der Waals surface area contributed by atoms with E-state index in [4.69, 9.17) is 14.6 Å². The standard InChI is InChI=1S/C37H52O4/c1-4-5-6-7-28-10-14-31(15-11-28)33-18-20-36-23-34(19-21-35(36)22-33)32-16-12-29(13-17-32)8-9-30(25-40-3)26-41-37(39)27(2)24-38/h10-11,14-15,19,21,23,29-30,32-33,38H,2,4-9,12-13,16-18,20,22,24-26H2,1,3H3. The smallest absolute Gasteiger partial charge is 0.335 e. The second-order valence-corrected chi connectivity index (χ2v) is 12.6. The first-order chi connectivity index (χ1) is 20.0. The van der Waals surface area contributed by atoms with Gasteiger partial charge in [0.2, 0.25) is 0 Å². The third-order valence-corrected chi connectivity index (χ3v) is 9.61. The van der Waals surface area contributed by atoms with Gasteiger partial charge in [-0.1, -0.05) is 68.8 Å². The number of hydrogen-bond acceptors (Lipinski definition) is 4. The highest BCUT2D eigenvalue weighted by molar-refractivity contribution is 5.87. The lowest BCUT2D eigenvalue weighted by molar-refractivity contribution is -0.141. The Hall–Kier alpha value is -2.43. The minimum absolute atomic E-state index is 0.101. The third-order valence-electron chi connectivity index (χ3n) is 9.61. The zero-order valence-electron chi connectivity index (χ0n) is 25.5. The van der Waals surface area contributed by atoms with Crippen molar-refractivity contribution in [1.29, 1.82) is 0 Å². The Morgan fingerprint density at radius 1 is 0.951 bits per heavy atom. The van der Waals surface area contributed by atoms with Crippen LogP contribution in [0.2, 0.25) is 0 Å². The Bertz CT molecular complexity index is 1100. The monoisotopic (exact) mass is 560 g/mol. The molecule has 2 aromatic carbocycles.